The van der Waals surface area contributed by atoms with Crippen LogP contribution in [-0.4, -0.2) is 95.4 Å². The third kappa shape index (κ3) is 40.4. The van der Waals surface area contributed by atoms with Crippen molar-refractivity contribution in [2.75, 3.05) is 39.3 Å². The van der Waals surface area contributed by atoms with E-state index < -0.39 is 12.1 Å². The van der Waals surface area contributed by atoms with Crippen molar-refractivity contribution in [1.29, 1.82) is 0 Å². The van der Waals surface area contributed by atoms with Crippen molar-refractivity contribution in [2.45, 2.75) is 335 Å². The fourth-order valence-electron chi connectivity index (χ4n) is 10.5. The Labute approximate surface area is 424 Å². The molecule has 8 heteroatoms. The number of nitrogens with zero attached hydrogens (tertiary/aromatic N) is 2. The molecule has 1 heterocycles. The van der Waals surface area contributed by atoms with E-state index in [9.17, 15) is 19.8 Å². The molecule has 0 aliphatic carbocycles. The van der Waals surface area contributed by atoms with Gasteiger partial charge in [0.05, 0.1) is 12.2 Å². The van der Waals surface area contributed by atoms with Gasteiger partial charge in [-0.1, -0.05) is 246 Å². The number of unbranched alkanes of at least 4 members (excludes halogenated alkanes) is 34. The normalized spacial score (nSPS) is 16.2. The van der Waals surface area contributed by atoms with E-state index >= 15 is 0 Å². The van der Waals surface area contributed by atoms with Gasteiger partial charge in [0.25, 0.3) is 0 Å². The average molecular weight is 962 g/mol. The maximum Gasteiger partial charge on any atom is 0.243 e. The van der Waals surface area contributed by atoms with E-state index in [0.717, 1.165) is 64.5 Å². The number of rotatable bonds is 54. The molecule has 0 spiro atoms. The van der Waals surface area contributed by atoms with Crippen LogP contribution in [-0.2, 0) is 9.59 Å². The molecule has 0 saturated carbocycles. The molecule has 68 heavy (non-hydrogen) atoms. The number of hydrogen-bond donors (Lipinski definition) is 4. The van der Waals surface area contributed by atoms with Gasteiger partial charge in [-0.05, 0) is 90.4 Å². The maximum absolute atomic E-state index is 13.3. The number of aliphatic hydroxyl groups excluding tert-OH is 2. The summed E-state index contributed by atoms with van der Waals surface area (Å²) in [6.45, 7) is 14.5. The Morgan fingerprint density at radius 2 is 0.574 bits per heavy atom. The highest BCUT2D eigenvalue weighted by molar-refractivity contribution is 5.96. The second-order valence-electron chi connectivity index (χ2n) is 21.9. The Bertz CT molecular complexity index is 1030. The molecule has 0 aromatic rings. The predicted molar refractivity (Wildman–Crippen MR) is 295 cm³/mol. The van der Waals surface area contributed by atoms with Crippen molar-refractivity contribution >= 4 is 11.8 Å². The van der Waals surface area contributed by atoms with Crippen molar-refractivity contribution in [3.05, 3.63) is 0 Å². The van der Waals surface area contributed by atoms with Gasteiger partial charge in [-0.2, -0.15) is 0 Å². The van der Waals surface area contributed by atoms with E-state index in [2.05, 4.69) is 48.1 Å². The maximum atomic E-state index is 13.3. The summed E-state index contributed by atoms with van der Waals surface area (Å²) in [5.41, 5.74) is 0. The van der Waals surface area contributed by atoms with E-state index in [1.165, 1.54) is 231 Å². The Morgan fingerprint density at radius 1 is 0.338 bits per heavy atom. The molecule has 1 saturated heterocycles. The van der Waals surface area contributed by atoms with Crippen LogP contribution in [0.2, 0.25) is 0 Å². The molecule has 0 unspecified atom stereocenters. The Hall–Kier alpha value is -1.22. The highest BCUT2D eigenvalue weighted by Gasteiger charge is 2.32. The average Bonchev–Trinajstić information content (AvgIpc) is 3.32. The van der Waals surface area contributed by atoms with Crippen LogP contribution >= 0.6 is 0 Å². The van der Waals surface area contributed by atoms with Crippen molar-refractivity contribution in [2.24, 2.45) is 0 Å². The van der Waals surface area contributed by atoms with Gasteiger partial charge in [0.2, 0.25) is 11.8 Å². The quantitative estimate of drug-likeness (QED) is 0.0453. The minimum absolute atomic E-state index is 0.0306. The lowest BCUT2D eigenvalue weighted by Crippen LogP contribution is -2.61. The van der Waals surface area contributed by atoms with Gasteiger partial charge in [-0.25, -0.2) is 0 Å². The highest BCUT2D eigenvalue weighted by Crippen LogP contribution is 2.18. The molecule has 0 bridgehead atoms. The summed E-state index contributed by atoms with van der Waals surface area (Å²) in [6.07, 6.45) is 53.4. The van der Waals surface area contributed by atoms with Crippen molar-refractivity contribution < 1.29 is 19.8 Å². The fourth-order valence-corrected chi connectivity index (χ4v) is 10.5. The molecule has 1 rings (SSSR count). The Kier molecular flexibility index (Phi) is 47.0. The third-order valence-electron chi connectivity index (χ3n) is 15.1. The van der Waals surface area contributed by atoms with E-state index in [1.54, 1.807) is 0 Å². The first kappa shape index (κ1) is 64.8. The molecule has 0 aromatic carbocycles. The van der Waals surface area contributed by atoms with Gasteiger partial charge in [0, 0.05) is 13.1 Å². The molecule has 2 amide bonds. The topological polar surface area (TPSA) is 105 Å². The molecular formula is C60H120N4O4. The van der Waals surface area contributed by atoms with Crippen molar-refractivity contribution in [3.63, 3.8) is 0 Å². The summed E-state index contributed by atoms with van der Waals surface area (Å²) in [4.78, 5) is 31.5. The zero-order valence-corrected chi connectivity index (χ0v) is 46.3. The van der Waals surface area contributed by atoms with Crippen molar-refractivity contribution in [1.82, 2.24) is 20.4 Å². The zero-order chi connectivity index (χ0) is 49.4. The number of aliphatic hydroxyl groups is 2. The number of carbonyl (C=O) groups is 2. The summed E-state index contributed by atoms with van der Waals surface area (Å²) < 4.78 is 0. The van der Waals surface area contributed by atoms with Crippen LogP contribution in [0.1, 0.15) is 310 Å². The molecule has 4 N–H and O–H groups in total. The number of hydrogen-bond acceptors (Lipinski definition) is 6. The molecule has 404 valence electrons. The highest BCUT2D eigenvalue weighted by atomic mass is 16.3. The second-order valence-corrected chi connectivity index (χ2v) is 21.9. The van der Waals surface area contributed by atoms with Crippen LogP contribution in [0.4, 0.5) is 0 Å². The van der Waals surface area contributed by atoms with Gasteiger partial charge in [0.15, 0.2) is 0 Å². The first-order valence-electron chi connectivity index (χ1n) is 30.8. The molecule has 0 aromatic heterocycles. The second kappa shape index (κ2) is 49.4. The van der Waals surface area contributed by atoms with E-state index in [-0.39, 0.29) is 24.0 Å². The largest absolute Gasteiger partial charge is 0.392 e. The van der Waals surface area contributed by atoms with Crippen LogP contribution < -0.4 is 10.6 Å². The number of piperazine rings is 1. The van der Waals surface area contributed by atoms with E-state index in [0.29, 0.717) is 25.9 Å². The number of nitrogens with one attached hydrogen (secondary N) is 2. The summed E-state index contributed by atoms with van der Waals surface area (Å²) >= 11 is 0. The van der Waals surface area contributed by atoms with Crippen LogP contribution in [0.25, 0.3) is 0 Å². The standard InChI is InChI=1S/C60H120N4O4/c1-5-9-13-17-21-25-27-31-35-41-49-63(50-42-36-32-28-26-22-18-14-10-6-2)51-43-39-47-57-59(67)62-58(60(68)61-57)48-40-44-52-64(53-55(65)45-37-33-29-23-19-15-11-7-3)54-56(66)46-38-34-30-24-20-16-12-8-4/h55-58,65-66H,5-54H2,1-4H3,(H,61,68)(H,62,67)/t55-,56+,57-,58-/m0/s1. The Morgan fingerprint density at radius 3 is 0.868 bits per heavy atom. The van der Waals surface area contributed by atoms with Gasteiger partial charge >= 0.3 is 0 Å². The fraction of sp³-hybridized carbons (Fsp3) is 0.967. The SMILES string of the molecule is CCCCCCCCCCCCN(CCCCCCCCCCCC)CCCC[C@@H]1NC(=O)[C@H](CCCCN(C[C@H](O)CCCCCCCCCC)C[C@@H](O)CCCCCCCCCC)NC1=O. The van der Waals surface area contributed by atoms with Crippen LogP contribution in [0.5, 0.6) is 0 Å². The first-order chi connectivity index (χ1) is 33.3. The van der Waals surface area contributed by atoms with E-state index in [4.69, 9.17) is 0 Å². The lowest BCUT2D eigenvalue weighted by molar-refractivity contribution is -0.137. The molecule has 1 aliphatic rings. The lowest BCUT2D eigenvalue weighted by Gasteiger charge is -2.30. The number of amides is 2. The minimum atomic E-state index is -0.482. The van der Waals surface area contributed by atoms with Crippen molar-refractivity contribution in [3.8, 4) is 0 Å². The van der Waals surface area contributed by atoms with E-state index in [1.807, 2.05) is 0 Å². The summed E-state index contributed by atoms with van der Waals surface area (Å²) in [5.74, 6) is -0.0754. The van der Waals surface area contributed by atoms with Crippen LogP contribution in [0.15, 0.2) is 0 Å². The molecule has 1 fully saturated rings. The van der Waals surface area contributed by atoms with Crippen LogP contribution in [0, 0.1) is 0 Å². The van der Waals surface area contributed by atoms with Gasteiger partial charge in [-0.3, -0.25) is 14.5 Å². The molecule has 4 atom stereocenters. The van der Waals surface area contributed by atoms with Crippen LogP contribution in [0.3, 0.4) is 0 Å². The summed E-state index contributed by atoms with van der Waals surface area (Å²) in [6, 6.07) is -0.915. The number of carbonyl (C=O) groups excluding carboxylic acids is 2. The molecule has 1 aliphatic heterocycles. The Balaban J connectivity index is 2.52. The summed E-state index contributed by atoms with van der Waals surface area (Å²) in [5, 5.41) is 28.3. The lowest BCUT2D eigenvalue weighted by atomic mass is 10.0. The monoisotopic (exact) mass is 961 g/mol. The third-order valence-corrected chi connectivity index (χ3v) is 15.1. The zero-order valence-electron chi connectivity index (χ0n) is 46.3. The first-order valence-corrected chi connectivity index (χ1v) is 30.8. The molecular weight excluding hydrogens is 841 g/mol. The van der Waals surface area contributed by atoms with Gasteiger partial charge in [-0.15, -0.1) is 0 Å². The predicted octanol–water partition coefficient (Wildman–Crippen LogP) is 15.5. The summed E-state index contributed by atoms with van der Waals surface area (Å²) in [7, 11) is 0. The minimum Gasteiger partial charge on any atom is -0.392 e. The van der Waals surface area contributed by atoms with Gasteiger partial charge < -0.3 is 25.7 Å². The molecule has 0 radical (unpaired) electrons. The smallest absolute Gasteiger partial charge is 0.243 e. The molecule has 8 nitrogen and oxygen atoms in total. The van der Waals surface area contributed by atoms with Gasteiger partial charge in [0.1, 0.15) is 12.1 Å².